The Morgan fingerprint density at radius 1 is 1.20 bits per heavy atom. The van der Waals surface area contributed by atoms with Crippen LogP contribution in [0.4, 0.5) is 5.69 Å². The van der Waals surface area contributed by atoms with Gasteiger partial charge in [-0.1, -0.05) is 30.3 Å². The van der Waals surface area contributed by atoms with E-state index in [9.17, 15) is 9.59 Å². The summed E-state index contributed by atoms with van der Waals surface area (Å²) in [6.45, 7) is 2.12. The first kappa shape index (κ1) is 20.6. The lowest BCUT2D eigenvalue weighted by molar-refractivity contribution is -0.148. The molecule has 0 bridgehead atoms. The maximum absolute atomic E-state index is 12.2. The van der Waals surface area contributed by atoms with Gasteiger partial charge in [-0.15, -0.1) is 0 Å². The number of ether oxygens (including phenoxy) is 1. The van der Waals surface area contributed by atoms with Crippen molar-refractivity contribution >= 4 is 23.6 Å². The number of carbonyl (C=O) groups excluding carboxylic acids is 2. The van der Waals surface area contributed by atoms with Crippen LogP contribution in [-0.4, -0.2) is 27.8 Å². The van der Waals surface area contributed by atoms with Crippen LogP contribution in [-0.2, 0) is 20.9 Å². The molecule has 0 fully saturated rings. The molecule has 0 aliphatic heterocycles. The number of carbonyl (C=O) groups is 2. The number of rotatable bonds is 7. The first-order chi connectivity index (χ1) is 14.5. The van der Waals surface area contributed by atoms with Crippen molar-refractivity contribution in [2.75, 3.05) is 5.32 Å². The third-order valence-electron chi connectivity index (χ3n) is 4.20. The van der Waals surface area contributed by atoms with Gasteiger partial charge in [-0.2, -0.15) is 10.4 Å². The van der Waals surface area contributed by atoms with E-state index in [1.807, 2.05) is 42.6 Å². The van der Waals surface area contributed by atoms with Crippen molar-refractivity contribution in [1.29, 1.82) is 5.26 Å². The molecule has 0 saturated heterocycles. The lowest BCUT2D eigenvalue weighted by Crippen LogP contribution is -2.29. The second-order valence-corrected chi connectivity index (χ2v) is 6.55. The molecule has 0 spiro atoms. The van der Waals surface area contributed by atoms with Crippen molar-refractivity contribution < 1.29 is 14.3 Å². The van der Waals surface area contributed by atoms with Gasteiger partial charge in [0, 0.05) is 23.5 Å². The van der Waals surface area contributed by atoms with Crippen LogP contribution in [0.5, 0.6) is 0 Å². The smallest absolute Gasteiger partial charge is 0.331 e. The normalized spacial score (nSPS) is 11.6. The first-order valence-electron chi connectivity index (χ1n) is 9.29. The topological polar surface area (TPSA) is 97.0 Å². The molecule has 0 radical (unpaired) electrons. The van der Waals surface area contributed by atoms with Crippen LogP contribution < -0.4 is 5.32 Å². The summed E-state index contributed by atoms with van der Waals surface area (Å²) < 4.78 is 6.91. The maximum Gasteiger partial charge on any atom is 0.331 e. The summed E-state index contributed by atoms with van der Waals surface area (Å²) >= 11 is 0. The van der Waals surface area contributed by atoms with E-state index in [1.54, 1.807) is 41.2 Å². The molecule has 1 N–H and O–H groups in total. The molecule has 0 aliphatic carbocycles. The predicted molar refractivity (Wildman–Crippen MR) is 112 cm³/mol. The fraction of sp³-hybridized carbons (Fsp3) is 0.130. The number of nitrogens with one attached hydrogen (secondary N) is 1. The van der Waals surface area contributed by atoms with Crippen molar-refractivity contribution in [3.8, 4) is 6.07 Å². The van der Waals surface area contributed by atoms with Gasteiger partial charge >= 0.3 is 5.97 Å². The summed E-state index contributed by atoms with van der Waals surface area (Å²) in [6, 6.07) is 18.3. The van der Waals surface area contributed by atoms with Crippen molar-refractivity contribution in [2.24, 2.45) is 0 Å². The van der Waals surface area contributed by atoms with E-state index in [4.69, 9.17) is 10.00 Å². The molecule has 7 heteroatoms. The van der Waals surface area contributed by atoms with E-state index >= 15 is 0 Å². The fourth-order valence-corrected chi connectivity index (χ4v) is 2.63. The second-order valence-electron chi connectivity index (χ2n) is 6.55. The summed E-state index contributed by atoms with van der Waals surface area (Å²) in [6.07, 6.45) is 5.34. The van der Waals surface area contributed by atoms with Gasteiger partial charge in [-0.25, -0.2) is 4.79 Å². The molecule has 1 aromatic heterocycles. The first-order valence-corrected chi connectivity index (χ1v) is 9.29. The standard InChI is InChI=1S/C23H20N4O3/c1-17(23(29)26-21-10-7-18(13-24)8-11-21)30-22(28)12-9-20-14-25-27(16-20)15-19-5-3-2-4-6-19/h2-12,14,16-17H,15H2,1H3,(H,26,29)/b12-9+/t17-/m0/s1. The molecular weight excluding hydrogens is 380 g/mol. The van der Waals surface area contributed by atoms with Crippen molar-refractivity contribution in [2.45, 2.75) is 19.6 Å². The number of amides is 1. The van der Waals surface area contributed by atoms with Crippen LogP contribution in [0.1, 0.15) is 23.6 Å². The third-order valence-corrected chi connectivity index (χ3v) is 4.20. The van der Waals surface area contributed by atoms with Crippen LogP contribution in [0, 0.1) is 11.3 Å². The number of aromatic nitrogens is 2. The number of benzene rings is 2. The van der Waals surface area contributed by atoms with E-state index in [0.29, 0.717) is 17.8 Å². The predicted octanol–water partition coefficient (Wildman–Crippen LogP) is 3.39. The number of anilines is 1. The molecule has 3 aromatic rings. The fourth-order valence-electron chi connectivity index (χ4n) is 2.63. The molecule has 0 aliphatic rings. The zero-order valence-electron chi connectivity index (χ0n) is 16.4. The molecule has 0 saturated carbocycles. The Labute approximate surface area is 174 Å². The highest BCUT2D eigenvalue weighted by Crippen LogP contribution is 2.10. The summed E-state index contributed by atoms with van der Waals surface area (Å²) in [5.41, 5.74) is 2.88. The molecular formula is C23H20N4O3. The number of nitrogens with zero attached hydrogens (tertiary/aromatic N) is 3. The summed E-state index contributed by atoms with van der Waals surface area (Å²) in [5, 5.41) is 15.7. The van der Waals surface area contributed by atoms with Gasteiger partial charge in [0.15, 0.2) is 6.10 Å². The molecule has 0 unspecified atom stereocenters. The van der Waals surface area contributed by atoms with Crippen LogP contribution in [0.15, 0.2) is 73.1 Å². The lowest BCUT2D eigenvalue weighted by Gasteiger charge is -2.12. The van der Waals surface area contributed by atoms with E-state index in [2.05, 4.69) is 10.4 Å². The average Bonchev–Trinajstić information content (AvgIpc) is 3.20. The van der Waals surface area contributed by atoms with Gasteiger partial charge in [-0.05, 0) is 42.8 Å². The lowest BCUT2D eigenvalue weighted by atomic mass is 10.2. The highest BCUT2D eigenvalue weighted by molar-refractivity contribution is 5.96. The van der Waals surface area contributed by atoms with Crippen molar-refractivity contribution in [3.63, 3.8) is 0 Å². The minimum Gasteiger partial charge on any atom is -0.449 e. The number of hydrogen-bond acceptors (Lipinski definition) is 5. The van der Waals surface area contributed by atoms with Gasteiger partial charge in [0.25, 0.3) is 5.91 Å². The molecule has 150 valence electrons. The SMILES string of the molecule is C[C@H](OC(=O)/C=C/c1cnn(Cc2ccccc2)c1)C(=O)Nc1ccc(C#N)cc1. The van der Waals surface area contributed by atoms with E-state index < -0.39 is 18.0 Å². The molecule has 2 aromatic carbocycles. The molecule has 30 heavy (non-hydrogen) atoms. The third kappa shape index (κ3) is 5.91. The Balaban J connectivity index is 1.50. The number of hydrogen-bond donors (Lipinski definition) is 1. The zero-order chi connectivity index (χ0) is 21.3. The molecule has 1 amide bonds. The second kappa shape index (κ2) is 9.85. The summed E-state index contributed by atoms with van der Waals surface area (Å²) in [5.74, 6) is -1.09. The highest BCUT2D eigenvalue weighted by atomic mass is 16.5. The molecule has 7 nitrogen and oxygen atoms in total. The van der Waals surface area contributed by atoms with Crippen molar-refractivity contribution in [1.82, 2.24) is 9.78 Å². The molecule has 1 atom stereocenters. The summed E-state index contributed by atoms with van der Waals surface area (Å²) in [4.78, 5) is 24.2. The molecule has 1 heterocycles. The maximum atomic E-state index is 12.2. The minimum absolute atomic E-state index is 0.461. The minimum atomic E-state index is -0.974. The monoisotopic (exact) mass is 400 g/mol. The van der Waals surface area contributed by atoms with Crippen LogP contribution in [0.25, 0.3) is 6.08 Å². The number of esters is 1. The highest BCUT2D eigenvalue weighted by Gasteiger charge is 2.16. The van der Waals surface area contributed by atoms with Crippen molar-refractivity contribution in [3.05, 3.63) is 89.8 Å². The molecule has 3 rings (SSSR count). The van der Waals surface area contributed by atoms with Gasteiger partial charge < -0.3 is 10.1 Å². The zero-order valence-corrected chi connectivity index (χ0v) is 16.4. The van der Waals surface area contributed by atoms with Gasteiger partial charge in [0.1, 0.15) is 0 Å². The Morgan fingerprint density at radius 2 is 1.93 bits per heavy atom. The van der Waals surface area contributed by atoms with E-state index in [0.717, 1.165) is 11.1 Å². The van der Waals surface area contributed by atoms with Crippen LogP contribution >= 0.6 is 0 Å². The van der Waals surface area contributed by atoms with Crippen LogP contribution in [0.2, 0.25) is 0 Å². The average molecular weight is 400 g/mol. The van der Waals surface area contributed by atoms with E-state index in [-0.39, 0.29) is 0 Å². The van der Waals surface area contributed by atoms with Gasteiger partial charge in [0.2, 0.25) is 0 Å². The van der Waals surface area contributed by atoms with Gasteiger partial charge in [-0.3, -0.25) is 9.48 Å². The quantitative estimate of drug-likeness (QED) is 0.484. The largest absolute Gasteiger partial charge is 0.449 e. The Bertz CT molecular complexity index is 1080. The Hall–Kier alpha value is -4.18. The Kier molecular flexibility index (Phi) is 6.74. The van der Waals surface area contributed by atoms with E-state index in [1.165, 1.54) is 13.0 Å². The van der Waals surface area contributed by atoms with Crippen LogP contribution in [0.3, 0.4) is 0 Å². The Morgan fingerprint density at radius 3 is 2.63 bits per heavy atom. The number of nitriles is 1. The summed E-state index contributed by atoms with van der Waals surface area (Å²) in [7, 11) is 0. The van der Waals surface area contributed by atoms with Gasteiger partial charge in [0.05, 0.1) is 24.4 Å².